The summed E-state index contributed by atoms with van der Waals surface area (Å²) >= 11 is 0. The van der Waals surface area contributed by atoms with Crippen molar-refractivity contribution < 1.29 is 14.9 Å². The number of hydrogen-bond donors (Lipinski definition) is 3. The molecule has 0 radical (unpaired) electrons. The van der Waals surface area contributed by atoms with E-state index >= 15 is 0 Å². The summed E-state index contributed by atoms with van der Waals surface area (Å²) in [6.07, 6.45) is -0.524. The Morgan fingerprint density at radius 2 is 1.35 bits per heavy atom. The van der Waals surface area contributed by atoms with Crippen LogP contribution < -0.4 is 10.1 Å². The van der Waals surface area contributed by atoms with Crippen molar-refractivity contribution in [3.05, 3.63) is 102 Å². The molecule has 5 rings (SSSR count). The Morgan fingerprint density at radius 1 is 0.806 bits per heavy atom. The van der Waals surface area contributed by atoms with Gasteiger partial charge in [-0.1, -0.05) is 78.9 Å². The minimum Gasteiger partial charge on any atom is -0.496 e. The second-order valence-electron chi connectivity index (χ2n) is 8.82. The summed E-state index contributed by atoms with van der Waals surface area (Å²) in [4.78, 5) is 0. The molecular formula is C27H29NO3. The molecule has 1 aliphatic heterocycles. The maximum Gasteiger partial charge on any atom is 0.125 e. The zero-order valence-corrected chi connectivity index (χ0v) is 17.7. The van der Waals surface area contributed by atoms with Crippen LogP contribution >= 0.6 is 0 Å². The van der Waals surface area contributed by atoms with Crippen molar-refractivity contribution in [1.29, 1.82) is 0 Å². The van der Waals surface area contributed by atoms with E-state index in [9.17, 15) is 10.2 Å². The second kappa shape index (κ2) is 7.79. The highest BCUT2D eigenvalue weighted by atomic mass is 16.5. The first-order valence-corrected chi connectivity index (χ1v) is 11.0. The van der Waals surface area contributed by atoms with E-state index in [1.165, 1.54) is 11.1 Å². The van der Waals surface area contributed by atoms with Crippen LogP contribution in [-0.2, 0) is 11.0 Å². The van der Waals surface area contributed by atoms with E-state index < -0.39 is 17.1 Å². The molecule has 2 aliphatic rings. The second-order valence-corrected chi connectivity index (χ2v) is 8.82. The van der Waals surface area contributed by atoms with Crippen LogP contribution in [0.15, 0.2) is 84.9 Å². The van der Waals surface area contributed by atoms with Crippen molar-refractivity contribution in [3.63, 3.8) is 0 Å². The molecule has 1 heterocycles. The van der Waals surface area contributed by atoms with Crippen LogP contribution in [0.2, 0.25) is 0 Å². The molecule has 2 fully saturated rings. The zero-order valence-electron chi connectivity index (χ0n) is 17.7. The Hall–Kier alpha value is -2.66. The van der Waals surface area contributed by atoms with Gasteiger partial charge in [0.05, 0.1) is 13.2 Å². The third-order valence-electron chi connectivity index (χ3n) is 7.55. The maximum absolute atomic E-state index is 12.1. The number of aliphatic hydroxyl groups excluding tert-OH is 1. The van der Waals surface area contributed by atoms with Crippen LogP contribution in [-0.4, -0.2) is 36.5 Å². The predicted octanol–water partition coefficient (Wildman–Crippen LogP) is 3.47. The van der Waals surface area contributed by atoms with Gasteiger partial charge in [0.15, 0.2) is 0 Å². The lowest BCUT2D eigenvalue weighted by Gasteiger charge is -2.55. The maximum atomic E-state index is 12.1. The first-order chi connectivity index (χ1) is 15.1. The molecule has 1 saturated heterocycles. The average Bonchev–Trinajstić information content (AvgIpc) is 3.34. The number of nitrogens with one attached hydrogen (secondary N) is 1. The molecule has 0 aromatic heterocycles. The van der Waals surface area contributed by atoms with Crippen molar-refractivity contribution >= 4 is 0 Å². The van der Waals surface area contributed by atoms with Gasteiger partial charge in [0.1, 0.15) is 11.4 Å². The molecule has 4 nitrogen and oxygen atoms in total. The molecule has 4 unspecified atom stereocenters. The Labute approximate surface area is 183 Å². The Kier molecular flexibility index (Phi) is 5.09. The molecule has 3 aromatic rings. The topological polar surface area (TPSA) is 61.7 Å². The minimum absolute atomic E-state index is 0.107. The lowest BCUT2D eigenvalue weighted by atomic mass is 9.51. The largest absolute Gasteiger partial charge is 0.496 e. The van der Waals surface area contributed by atoms with Crippen molar-refractivity contribution in [2.24, 2.45) is 11.8 Å². The van der Waals surface area contributed by atoms with Crippen LogP contribution in [0.5, 0.6) is 5.75 Å². The highest BCUT2D eigenvalue weighted by molar-refractivity contribution is 5.47. The molecule has 160 valence electrons. The molecule has 4 heteroatoms. The molecule has 1 aliphatic carbocycles. The summed E-state index contributed by atoms with van der Waals surface area (Å²) in [5, 5.41) is 27.4. The van der Waals surface area contributed by atoms with Gasteiger partial charge in [-0.25, -0.2) is 0 Å². The van der Waals surface area contributed by atoms with Gasteiger partial charge in [0.2, 0.25) is 0 Å². The molecule has 31 heavy (non-hydrogen) atoms. The summed E-state index contributed by atoms with van der Waals surface area (Å²) in [5.74, 6) is 0.546. The number of ether oxygens (including phenoxy) is 1. The molecule has 3 N–H and O–H groups in total. The molecule has 3 aromatic carbocycles. The normalized spacial score (nSPS) is 29.3. The fourth-order valence-electron chi connectivity index (χ4n) is 6.17. The third-order valence-corrected chi connectivity index (χ3v) is 7.55. The van der Waals surface area contributed by atoms with Gasteiger partial charge in [-0.15, -0.1) is 0 Å². The van der Waals surface area contributed by atoms with Crippen LogP contribution in [0.3, 0.4) is 0 Å². The summed E-state index contributed by atoms with van der Waals surface area (Å²) in [7, 11) is 1.61. The SMILES string of the molecule is COc1ccccc1C1(O)C(O)CC(c2ccccc2)(c2ccccc2)C2CNCC21. The van der Waals surface area contributed by atoms with Gasteiger partial charge in [-0.3, -0.25) is 0 Å². The molecule has 0 bridgehead atoms. The van der Waals surface area contributed by atoms with Crippen LogP contribution in [0.4, 0.5) is 0 Å². The standard InChI is InChI=1S/C27H29NO3/c1-31-24-15-9-8-14-21(24)27(30)23-18-28-17-22(23)26(16-25(27)29,19-10-4-2-5-11-19)20-12-6-3-7-13-20/h2-15,22-23,25,28-30H,16-18H2,1H3. The van der Waals surface area contributed by atoms with Crippen LogP contribution in [0, 0.1) is 11.8 Å². The number of para-hydroxylation sites is 1. The summed E-state index contributed by atoms with van der Waals surface area (Å²) < 4.78 is 5.59. The van der Waals surface area contributed by atoms with E-state index in [4.69, 9.17) is 4.74 Å². The Bertz CT molecular complexity index is 999. The highest BCUT2D eigenvalue weighted by Crippen LogP contribution is 2.58. The van der Waals surface area contributed by atoms with Crippen LogP contribution in [0.1, 0.15) is 23.1 Å². The lowest BCUT2D eigenvalue weighted by Crippen LogP contribution is -2.60. The number of fused-ring (bicyclic) bond motifs is 1. The first-order valence-electron chi connectivity index (χ1n) is 11.0. The monoisotopic (exact) mass is 415 g/mol. The number of hydrogen-bond acceptors (Lipinski definition) is 4. The number of aliphatic hydroxyl groups is 2. The quantitative estimate of drug-likeness (QED) is 0.611. The van der Waals surface area contributed by atoms with Gasteiger partial charge in [0, 0.05) is 23.4 Å². The van der Waals surface area contributed by atoms with Crippen molar-refractivity contribution in [3.8, 4) is 5.75 Å². The molecule has 4 atom stereocenters. The van der Waals surface area contributed by atoms with E-state index in [1.807, 2.05) is 36.4 Å². The third kappa shape index (κ3) is 2.93. The van der Waals surface area contributed by atoms with Crippen molar-refractivity contribution in [2.45, 2.75) is 23.5 Å². The lowest BCUT2D eigenvalue weighted by molar-refractivity contribution is -0.167. The summed E-state index contributed by atoms with van der Waals surface area (Å²) in [5.41, 5.74) is 1.23. The van der Waals surface area contributed by atoms with Crippen LogP contribution in [0.25, 0.3) is 0 Å². The van der Waals surface area contributed by atoms with Gasteiger partial charge in [0.25, 0.3) is 0 Å². The summed E-state index contributed by atoms with van der Waals surface area (Å²) in [6, 6.07) is 28.4. The Balaban J connectivity index is 1.72. The molecular weight excluding hydrogens is 386 g/mol. The predicted molar refractivity (Wildman–Crippen MR) is 121 cm³/mol. The molecule has 0 spiro atoms. The Morgan fingerprint density at radius 3 is 1.97 bits per heavy atom. The number of rotatable bonds is 4. The van der Waals surface area contributed by atoms with E-state index in [0.717, 1.165) is 6.54 Å². The van der Waals surface area contributed by atoms with E-state index in [2.05, 4.69) is 53.8 Å². The minimum atomic E-state index is -1.40. The zero-order chi connectivity index (χ0) is 21.5. The van der Waals surface area contributed by atoms with Crippen molar-refractivity contribution in [2.75, 3.05) is 20.2 Å². The molecule has 1 saturated carbocycles. The van der Waals surface area contributed by atoms with Gasteiger partial charge < -0.3 is 20.3 Å². The van der Waals surface area contributed by atoms with Crippen molar-refractivity contribution in [1.82, 2.24) is 5.32 Å². The van der Waals surface area contributed by atoms with Gasteiger partial charge in [-0.05, 0) is 36.1 Å². The van der Waals surface area contributed by atoms with Gasteiger partial charge in [-0.2, -0.15) is 0 Å². The fourth-order valence-corrected chi connectivity index (χ4v) is 6.17. The van der Waals surface area contributed by atoms with E-state index in [-0.39, 0.29) is 11.8 Å². The highest BCUT2D eigenvalue weighted by Gasteiger charge is 2.63. The average molecular weight is 416 g/mol. The number of benzene rings is 3. The number of methoxy groups -OCH3 is 1. The van der Waals surface area contributed by atoms with E-state index in [1.54, 1.807) is 7.11 Å². The fraction of sp³-hybridized carbons (Fsp3) is 0.333. The summed E-state index contributed by atoms with van der Waals surface area (Å²) in [6.45, 7) is 1.41. The smallest absolute Gasteiger partial charge is 0.125 e. The molecule has 0 amide bonds. The van der Waals surface area contributed by atoms with Gasteiger partial charge >= 0.3 is 0 Å². The van der Waals surface area contributed by atoms with E-state index in [0.29, 0.717) is 24.3 Å². The first kappa shape index (κ1) is 20.3.